The number of carbonyl (C=O) groups is 1. The van der Waals surface area contributed by atoms with E-state index >= 15 is 0 Å². The third-order valence-corrected chi connectivity index (χ3v) is 7.91. The first-order chi connectivity index (χ1) is 15.1. The number of piperidine rings is 1. The van der Waals surface area contributed by atoms with E-state index in [9.17, 15) is 9.90 Å². The van der Waals surface area contributed by atoms with Gasteiger partial charge in [-0.2, -0.15) is 0 Å². The van der Waals surface area contributed by atoms with E-state index in [1.807, 2.05) is 30.3 Å². The second-order valence-electron chi connectivity index (χ2n) is 9.61. The first kappa shape index (κ1) is 20.7. The number of fused-ring (bicyclic) bond motifs is 1. The maximum absolute atomic E-state index is 13.2. The molecule has 2 aromatic carbocycles. The monoisotopic (exact) mass is 419 g/mol. The average Bonchev–Trinajstić information content (AvgIpc) is 3.22. The molecule has 3 N–H and O–H groups in total. The molecule has 5 rings (SSSR count). The minimum absolute atomic E-state index is 0.0300. The van der Waals surface area contributed by atoms with Crippen molar-refractivity contribution in [3.63, 3.8) is 0 Å². The molecule has 2 saturated carbocycles. The number of rotatable bonds is 7. The zero-order valence-electron chi connectivity index (χ0n) is 18.2. The predicted molar refractivity (Wildman–Crippen MR) is 121 cm³/mol. The number of likely N-dealkylation sites (tertiary alicyclic amines) is 1. The highest BCUT2D eigenvalue weighted by Gasteiger charge is 2.57. The second kappa shape index (κ2) is 8.38. The lowest BCUT2D eigenvalue weighted by Crippen LogP contribution is -2.54. The number of nitrogens with zero attached hydrogens (tertiary/aromatic N) is 1. The highest BCUT2D eigenvalue weighted by molar-refractivity contribution is 5.86. The van der Waals surface area contributed by atoms with Crippen LogP contribution in [0.2, 0.25) is 0 Å². The van der Waals surface area contributed by atoms with Gasteiger partial charge in [-0.25, -0.2) is 5.43 Å². The van der Waals surface area contributed by atoms with Crippen LogP contribution < -0.4 is 10.9 Å². The Kier molecular flexibility index (Phi) is 5.59. The molecular weight excluding hydrogens is 386 g/mol. The quantitative estimate of drug-likeness (QED) is 0.602. The van der Waals surface area contributed by atoms with Crippen LogP contribution in [-0.4, -0.2) is 35.0 Å². The van der Waals surface area contributed by atoms with Crippen LogP contribution in [0, 0.1) is 17.8 Å². The lowest BCUT2D eigenvalue weighted by molar-refractivity contribution is -0.148. The van der Waals surface area contributed by atoms with Gasteiger partial charge in [0, 0.05) is 31.1 Å². The van der Waals surface area contributed by atoms with Crippen LogP contribution in [0.4, 0.5) is 0 Å². The Balaban J connectivity index is 1.19. The number of benzene rings is 2. The summed E-state index contributed by atoms with van der Waals surface area (Å²) < 4.78 is 0. The minimum atomic E-state index is -1.47. The number of hydrogen-bond acceptors (Lipinski definition) is 4. The van der Waals surface area contributed by atoms with Crippen LogP contribution in [0.5, 0.6) is 0 Å². The van der Waals surface area contributed by atoms with E-state index in [1.165, 1.54) is 5.56 Å². The van der Waals surface area contributed by atoms with Crippen LogP contribution in [0.25, 0.3) is 0 Å². The molecule has 4 atom stereocenters. The fourth-order valence-corrected chi connectivity index (χ4v) is 5.86. The first-order valence-corrected chi connectivity index (χ1v) is 11.7. The van der Waals surface area contributed by atoms with E-state index < -0.39 is 5.60 Å². The van der Waals surface area contributed by atoms with E-state index in [0.29, 0.717) is 29.5 Å². The van der Waals surface area contributed by atoms with Gasteiger partial charge in [-0.05, 0) is 42.7 Å². The molecule has 1 heterocycles. The fourth-order valence-electron chi connectivity index (χ4n) is 5.86. The number of carbonyl (C=O) groups excluding carboxylic acids is 1. The standard InChI is InChI=1S/C26H33N3O2/c1-18(19-10-4-2-5-11-19)29-16-22-23(17-29)24(22)27-28-25(30)26(31,21-14-8-9-15-21)20-12-6-3-7-13-20/h2-7,10-13,18,21-24,27,31H,8-9,14-17H2,1H3,(H,28,30). The van der Waals surface area contributed by atoms with Gasteiger partial charge in [-0.15, -0.1) is 0 Å². The molecule has 0 radical (unpaired) electrons. The molecule has 3 aliphatic rings. The maximum Gasteiger partial charge on any atom is 0.270 e. The summed E-state index contributed by atoms with van der Waals surface area (Å²) in [7, 11) is 0. The Morgan fingerprint density at radius 2 is 1.58 bits per heavy atom. The highest BCUT2D eigenvalue weighted by Crippen LogP contribution is 2.47. The smallest absolute Gasteiger partial charge is 0.270 e. The molecule has 4 unspecified atom stereocenters. The van der Waals surface area contributed by atoms with Gasteiger partial charge >= 0.3 is 0 Å². The third-order valence-electron chi connectivity index (χ3n) is 7.91. The van der Waals surface area contributed by atoms with Crippen LogP contribution in [0.3, 0.4) is 0 Å². The summed E-state index contributed by atoms with van der Waals surface area (Å²) in [6.07, 6.45) is 3.92. The summed E-state index contributed by atoms with van der Waals surface area (Å²) in [5.74, 6) is 0.772. The number of nitrogens with one attached hydrogen (secondary N) is 2. The van der Waals surface area contributed by atoms with Crippen LogP contribution in [0.15, 0.2) is 60.7 Å². The third kappa shape index (κ3) is 3.79. The summed E-state index contributed by atoms with van der Waals surface area (Å²) in [5, 5.41) is 11.6. The SMILES string of the molecule is CC(c1ccccc1)N1CC2C(C1)C2NNC(=O)C(O)(c1ccccc1)C1CCCC1. The second-order valence-corrected chi connectivity index (χ2v) is 9.61. The normalized spacial score (nSPS) is 28.6. The molecule has 0 aromatic heterocycles. The van der Waals surface area contributed by atoms with Gasteiger partial charge in [-0.3, -0.25) is 15.1 Å². The van der Waals surface area contributed by atoms with Crippen molar-refractivity contribution >= 4 is 5.91 Å². The van der Waals surface area contributed by atoms with E-state index in [2.05, 4.69) is 53.0 Å². The van der Waals surface area contributed by atoms with Crippen LogP contribution in [-0.2, 0) is 10.4 Å². The molecule has 5 nitrogen and oxygen atoms in total. The number of hydrazine groups is 1. The van der Waals surface area contributed by atoms with Gasteiger partial charge in [0.2, 0.25) is 0 Å². The van der Waals surface area contributed by atoms with Crippen molar-refractivity contribution in [2.24, 2.45) is 17.8 Å². The molecular formula is C26H33N3O2. The van der Waals surface area contributed by atoms with E-state index in [-0.39, 0.29) is 11.8 Å². The van der Waals surface area contributed by atoms with Crippen molar-refractivity contribution < 1.29 is 9.90 Å². The molecule has 0 spiro atoms. The number of aliphatic hydroxyl groups is 1. The first-order valence-electron chi connectivity index (χ1n) is 11.7. The lowest BCUT2D eigenvalue weighted by atomic mass is 9.79. The fraction of sp³-hybridized carbons (Fsp3) is 0.500. The number of hydrogen-bond donors (Lipinski definition) is 3. The summed E-state index contributed by atoms with van der Waals surface area (Å²) in [6, 6.07) is 20.8. The minimum Gasteiger partial charge on any atom is -0.375 e. The molecule has 1 amide bonds. The Labute approximate surface area is 184 Å². The van der Waals surface area contributed by atoms with Gasteiger partial charge in [-0.1, -0.05) is 73.5 Å². The van der Waals surface area contributed by atoms with Gasteiger partial charge in [0.05, 0.1) is 0 Å². The van der Waals surface area contributed by atoms with Crippen molar-refractivity contribution in [3.8, 4) is 0 Å². The molecule has 3 fully saturated rings. The van der Waals surface area contributed by atoms with Gasteiger partial charge < -0.3 is 5.11 Å². The van der Waals surface area contributed by atoms with Gasteiger partial charge in [0.25, 0.3) is 5.91 Å². The molecule has 0 bridgehead atoms. The molecule has 1 saturated heterocycles. The van der Waals surface area contributed by atoms with E-state index in [0.717, 1.165) is 38.8 Å². The molecule has 2 aliphatic carbocycles. The van der Waals surface area contributed by atoms with Gasteiger partial charge in [0.1, 0.15) is 0 Å². The Bertz CT molecular complexity index is 887. The van der Waals surface area contributed by atoms with Crippen molar-refractivity contribution in [1.29, 1.82) is 0 Å². The Hall–Kier alpha value is -2.21. The highest BCUT2D eigenvalue weighted by atomic mass is 16.3. The molecule has 5 heteroatoms. The molecule has 31 heavy (non-hydrogen) atoms. The topological polar surface area (TPSA) is 64.6 Å². The van der Waals surface area contributed by atoms with Crippen molar-refractivity contribution in [2.45, 2.75) is 50.3 Å². The summed E-state index contributed by atoms with van der Waals surface area (Å²) >= 11 is 0. The molecule has 2 aromatic rings. The Morgan fingerprint density at radius 1 is 1.00 bits per heavy atom. The molecule has 164 valence electrons. The number of amides is 1. The van der Waals surface area contributed by atoms with E-state index in [1.54, 1.807) is 0 Å². The largest absolute Gasteiger partial charge is 0.375 e. The van der Waals surface area contributed by atoms with Crippen molar-refractivity contribution in [3.05, 3.63) is 71.8 Å². The summed E-state index contributed by atoms with van der Waals surface area (Å²) in [5.41, 5.74) is 6.76. The van der Waals surface area contributed by atoms with Crippen molar-refractivity contribution in [1.82, 2.24) is 15.8 Å². The van der Waals surface area contributed by atoms with Crippen molar-refractivity contribution in [2.75, 3.05) is 13.1 Å². The zero-order valence-corrected chi connectivity index (χ0v) is 18.2. The van der Waals surface area contributed by atoms with Crippen LogP contribution in [0.1, 0.15) is 49.8 Å². The summed E-state index contributed by atoms with van der Waals surface area (Å²) in [4.78, 5) is 15.8. The zero-order chi connectivity index (χ0) is 21.4. The van der Waals surface area contributed by atoms with Gasteiger partial charge in [0.15, 0.2) is 5.60 Å². The van der Waals surface area contributed by atoms with Crippen LogP contribution >= 0.6 is 0 Å². The molecule has 1 aliphatic heterocycles. The average molecular weight is 420 g/mol. The Morgan fingerprint density at radius 3 is 2.19 bits per heavy atom. The van der Waals surface area contributed by atoms with E-state index in [4.69, 9.17) is 0 Å². The lowest BCUT2D eigenvalue weighted by Gasteiger charge is -2.33. The summed E-state index contributed by atoms with van der Waals surface area (Å²) in [6.45, 7) is 4.35. The maximum atomic E-state index is 13.2. The predicted octanol–water partition coefficient (Wildman–Crippen LogP) is 3.38.